The topological polar surface area (TPSA) is 52.9 Å². The number of carbonyl (C=O) groups is 1. The van der Waals surface area contributed by atoms with Gasteiger partial charge in [-0.2, -0.15) is 17.0 Å². The van der Waals surface area contributed by atoms with E-state index in [1.807, 2.05) is 6.26 Å². The number of thioether (sulfide) groups is 1. The van der Waals surface area contributed by atoms with Gasteiger partial charge in [0.1, 0.15) is 5.41 Å². The molecule has 0 bridgehead atoms. The Morgan fingerprint density at radius 1 is 1.47 bits per heavy atom. The summed E-state index contributed by atoms with van der Waals surface area (Å²) in [6.45, 7) is 2.07. The maximum absolute atomic E-state index is 12.3. The van der Waals surface area contributed by atoms with Crippen LogP contribution >= 0.6 is 11.8 Å². The van der Waals surface area contributed by atoms with Crippen molar-refractivity contribution in [2.24, 2.45) is 5.41 Å². The number of nitrogens with one attached hydrogen (secondary N) is 1. The van der Waals surface area contributed by atoms with Crippen LogP contribution in [0.1, 0.15) is 45.4 Å². The van der Waals surface area contributed by atoms with Crippen molar-refractivity contribution in [2.45, 2.75) is 51.5 Å². The molecule has 1 aliphatic carbocycles. The molecule has 1 aliphatic rings. The van der Waals surface area contributed by atoms with Crippen molar-refractivity contribution in [2.75, 3.05) is 12.0 Å². The molecule has 0 aromatic rings. The van der Waals surface area contributed by atoms with E-state index >= 15 is 0 Å². The van der Waals surface area contributed by atoms with Crippen molar-refractivity contribution in [3.63, 3.8) is 0 Å². The second-order valence-electron chi connectivity index (χ2n) is 4.79. The highest BCUT2D eigenvalue weighted by Gasteiger charge is 2.40. The molecule has 1 rings (SSSR count). The first kappa shape index (κ1) is 14.4. The Hall–Kier alpha value is -0.690. The van der Waals surface area contributed by atoms with Gasteiger partial charge in [0.15, 0.2) is 0 Å². The summed E-state index contributed by atoms with van der Waals surface area (Å²) in [5.41, 5.74) is -0.746. The summed E-state index contributed by atoms with van der Waals surface area (Å²) in [6.07, 6.45) is 7.57. The van der Waals surface area contributed by atoms with E-state index in [0.717, 1.165) is 44.3 Å². The summed E-state index contributed by atoms with van der Waals surface area (Å²) in [5.74, 6) is 0.879. The fraction of sp³-hybridized carbons (Fsp3) is 0.846. The first-order chi connectivity index (χ1) is 8.18. The summed E-state index contributed by atoms with van der Waals surface area (Å²) < 4.78 is 0. The van der Waals surface area contributed by atoms with Gasteiger partial charge in [-0.3, -0.25) is 4.79 Å². The number of carbonyl (C=O) groups excluding carboxylic acids is 1. The van der Waals surface area contributed by atoms with E-state index in [2.05, 4.69) is 18.3 Å². The Balaban J connectivity index is 2.63. The standard InChI is InChI=1S/C13H22N2OS/c1-3-11(9-17-2)15-12(16)13(10-14)7-5-4-6-8-13/h11H,3-9H2,1-2H3,(H,15,16). The summed E-state index contributed by atoms with van der Waals surface area (Å²) in [7, 11) is 0. The monoisotopic (exact) mass is 254 g/mol. The minimum atomic E-state index is -0.746. The van der Waals surface area contributed by atoms with E-state index in [1.54, 1.807) is 11.8 Å². The molecular formula is C13H22N2OS. The molecule has 0 heterocycles. The van der Waals surface area contributed by atoms with Gasteiger partial charge < -0.3 is 5.32 Å². The van der Waals surface area contributed by atoms with E-state index in [1.165, 1.54) is 0 Å². The zero-order chi connectivity index (χ0) is 12.7. The van der Waals surface area contributed by atoms with Gasteiger partial charge in [0.05, 0.1) is 6.07 Å². The van der Waals surface area contributed by atoms with Crippen LogP contribution in [0.4, 0.5) is 0 Å². The minimum absolute atomic E-state index is 0.0411. The highest BCUT2D eigenvalue weighted by Crippen LogP contribution is 2.36. The Morgan fingerprint density at radius 2 is 2.12 bits per heavy atom. The average molecular weight is 254 g/mol. The van der Waals surface area contributed by atoms with E-state index in [-0.39, 0.29) is 11.9 Å². The van der Waals surface area contributed by atoms with Gasteiger partial charge in [0, 0.05) is 11.8 Å². The molecule has 1 N–H and O–H groups in total. The quantitative estimate of drug-likeness (QED) is 0.820. The maximum Gasteiger partial charge on any atom is 0.240 e. The summed E-state index contributed by atoms with van der Waals surface area (Å²) in [4.78, 5) is 12.3. The van der Waals surface area contributed by atoms with Crippen LogP contribution in [0.2, 0.25) is 0 Å². The number of hydrogen-bond acceptors (Lipinski definition) is 3. The molecule has 0 aromatic carbocycles. The second-order valence-corrected chi connectivity index (χ2v) is 5.70. The van der Waals surface area contributed by atoms with Crippen LogP contribution in [0.15, 0.2) is 0 Å². The van der Waals surface area contributed by atoms with Crippen LogP contribution in [-0.2, 0) is 4.79 Å². The van der Waals surface area contributed by atoms with Crippen molar-refractivity contribution in [1.29, 1.82) is 5.26 Å². The first-order valence-corrected chi connectivity index (χ1v) is 7.79. The molecule has 4 heteroatoms. The molecule has 3 nitrogen and oxygen atoms in total. The summed E-state index contributed by atoms with van der Waals surface area (Å²) >= 11 is 1.73. The Labute approximate surface area is 108 Å². The molecule has 0 radical (unpaired) electrons. The molecule has 1 atom stereocenters. The number of amides is 1. The molecule has 0 aromatic heterocycles. The van der Waals surface area contributed by atoms with E-state index in [0.29, 0.717) is 0 Å². The lowest BCUT2D eigenvalue weighted by Crippen LogP contribution is -2.46. The molecule has 1 amide bonds. The van der Waals surface area contributed by atoms with Gasteiger partial charge in [0.2, 0.25) is 5.91 Å². The molecule has 96 valence electrons. The maximum atomic E-state index is 12.3. The molecule has 17 heavy (non-hydrogen) atoms. The number of nitriles is 1. The third-order valence-electron chi connectivity index (χ3n) is 3.55. The fourth-order valence-electron chi connectivity index (χ4n) is 2.33. The molecule has 0 spiro atoms. The molecular weight excluding hydrogens is 232 g/mol. The lowest BCUT2D eigenvalue weighted by atomic mass is 9.74. The number of hydrogen-bond donors (Lipinski definition) is 1. The normalized spacial score (nSPS) is 20.3. The smallest absolute Gasteiger partial charge is 0.240 e. The number of nitrogens with zero attached hydrogens (tertiary/aromatic N) is 1. The molecule has 1 fully saturated rings. The number of rotatable bonds is 5. The molecule has 1 saturated carbocycles. The van der Waals surface area contributed by atoms with Crippen LogP contribution in [0.25, 0.3) is 0 Å². The second kappa shape index (κ2) is 6.90. The summed E-state index contributed by atoms with van der Waals surface area (Å²) in [5, 5.41) is 12.4. The van der Waals surface area contributed by atoms with Crippen LogP contribution in [0.5, 0.6) is 0 Å². The Morgan fingerprint density at radius 3 is 2.59 bits per heavy atom. The van der Waals surface area contributed by atoms with Gasteiger partial charge in [-0.05, 0) is 25.5 Å². The Bertz CT molecular complexity index is 292. The van der Waals surface area contributed by atoms with Crippen LogP contribution < -0.4 is 5.32 Å². The Kier molecular flexibility index (Phi) is 5.84. The van der Waals surface area contributed by atoms with Gasteiger partial charge in [0.25, 0.3) is 0 Å². The summed E-state index contributed by atoms with van der Waals surface area (Å²) in [6, 6.07) is 2.47. The predicted molar refractivity (Wildman–Crippen MR) is 71.7 cm³/mol. The average Bonchev–Trinajstić information content (AvgIpc) is 2.38. The van der Waals surface area contributed by atoms with E-state index in [4.69, 9.17) is 0 Å². The van der Waals surface area contributed by atoms with Crippen molar-refractivity contribution >= 4 is 17.7 Å². The molecule has 1 unspecified atom stereocenters. The predicted octanol–water partition coefficient (Wildman–Crippen LogP) is 2.72. The largest absolute Gasteiger partial charge is 0.351 e. The lowest BCUT2D eigenvalue weighted by molar-refractivity contribution is -0.130. The van der Waals surface area contributed by atoms with Crippen molar-refractivity contribution in [1.82, 2.24) is 5.32 Å². The van der Waals surface area contributed by atoms with E-state index < -0.39 is 5.41 Å². The zero-order valence-corrected chi connectivity index (χ0v) is 11.6. The van der Waals surface area contributed by atoms with Crippen LogP contribution in [0.3, 0.4) is 0 Å². The highest BCUT2D eigenvalue weighted by molar-refractivity contribution is 7.98. The van der Waals surface area contributed by atoms with Crippen molar-refractivity contribution < 1.29 is 4.79 Å². The molecule has 0 aliphatic heterocycles. The van der Waals surface area contributed by atoms with E-state index in [9.17, 15) is 10.1 Å². The zero-order valence-electron chi connectivity index (χ0n) is 10.8. The lowest BCUT2D eigenvalue weighted by Gasteiger charge is -2.31. The third kappa shape index (κ3) is 3.64. The fourth-order valence-corrected chi connectivity index (χ4v) is 3.05. The van der Waals surface area contributed by atoms with Crippen LogP contribution in [-0.4, -0.2) is 24.0 Å². The third-order valence-corrected chi connectivity index (χ3v) is 4.29. The van der Waals surface area contributed by atoms with Gasteiger partial charge in [-0.25, -0.2) is 0 Å². The van der Waals surface area contributed by atoms with Crippen LogP contribution in [0, 0.1) is 16.7 Å². The first-order valence-electron chi connectivity index (χ1n) is 6.39. The highest BCUT2D eigenvalue weighted by atomic mass is 32.2. The SMILES string of the molecule is CCC(CSC)NC(=O)C1(C#N)CCCCC1. The van der Waals surface area contributed by atoms with Gasteiger partial charge in [-0.15, -0.1) is 0 Å². The minimum Gasteiger partial charge on any atom is -0.351 e. The molecule has 0 saturated heterocycles. The van der Waals surface area contributed by atoms with Crippen molar-refractivity contribution in [3.8, 4) is 6.07 Å². The van der Waals surface area contributed by atoms with Crippen molar-refractivity contribution in [3.05, 3.63) is 0 Å². The van der Waals surface area contributed by atoms with Gasteiger partial charge in [-0.1, -0.05) is 26.2 Å². The van der Waals surface area contributed by atoms with Gasteiger partial charge >= 0.3 is 0 Å².